The van der Waals surface area contributed by atoms with Gasteiger partial charge in [-0.25, -0.2) is 9.47 Å². The first-order valence-corrected chi connectivity index (χ1v) is 9.42. The van der Waals surface area contributed by atoms with Crippen LogP contribution in [0.1, 0.15) is 43.3 Å². The highest BCUT2D eigenvalue weighted by molar-refractivity contribution is 7.15. The van der Waals surface area contributed by atoms with Crippen molar-refractivity contribution < 1.29 is 4.57 Å². The van der Waals surface area contributed by atoms with Crippen molar-refractivity contribution in [3.05, 3.63) is 45.4 Å². The van der Waals surface area contributed by atoms with Crippen LogP contribution in [0.5, 0.6) is 0 Å². The van der Waals surface area contributed by atoms with Gasteiger partial charge in [0, 0.05) is 11.4 Å². The number of aryl methyl sites for hydroxylation is 1. The molecule has 0 amide bonds. The van der Waals surface area contributed by atoms with E-state index in [1.807, 2.05) is 23.5 Å². The smallest absolute Gasteiger partial charge is 0.241 e. The Morgan fingerprint density at radius 3 is 2.50 bits per heavy atom. The van der Waals surface area contributed by atoms with Gasteiger partial charge in [-0.1, -0.05) is 55.8 Å². The Balaban J connectivity index is 1.93. The summed E-state index contributed by atoms with van der Waals surface area (Å²) in [5.41, 5.74) is 2.88. The number of aromatic nitrogens is 1. The largest absolute Gasteiger partial charge is 0.337 e. The minimum absolute atomic E-state index is 0.609. The van der Waals surface area contributed by atoms with Gasteiger partial charge < -0.3 is 0 Å². The molecule has 118 valence electrons. The van der Waals surface area contributed by atoms with E-state index in [2.05, 4.69) is 42.4 Å². The molecule has 0 spiro atoms. The van der Waals surface area contributed by atoms with Crippen molar-refractivity contribution >= 4 is 28.1 Å². The van der Waals surface area contributed by atoms with Gasteiger partial charge >= 0.3 is 5.13 Å². The maximum Gasteiger partial charge on any atom is 0.337 e. The van der Waals surface area contributed by atoms with Crippen LogP contribution in [0.15, 0.2) is 24.3 Å². The van der Waals surface area contributed by atoms with E-state index in [0.717, 1.165) is 31.0 Å². The molecule has 0 saturated heterocycles. The van der Waals surface area contributed by atoms with Gasteiger partial charge in [0.1, 0.15) is 24.8 Å². The summed E-state index contributed by atoms with van der Waals surface area (Å²) in [6.45, 7) is 8.95. The summed E-state index contributed by atoms with van der Waals surface area (Å²) in [4.78, 5) is 4.14. The summed E-state index contributed by atoms with van der Waals surface area (Å²) in [6, 6.07) is 8.88. The molecule has 0 fully saturated rings. The number of thiazole rings is 1. The van der Waals surface area contributed by atoms with Gasteiger partial charge in [-0.05, 0) is 30.5 Å². The fraction of sp³-hybridized carbons (Fsp3) is 0.500. The average molecular weight is 336 g/mol. The quantitative estimate of drug-likeness (QED) is 0.723. The second-order valence-electron chi connectivity index (χ2n) is 5.89. The van der Waals surface area contributed by atoms with Gasteiger partial charge in [0.15, 0.2) is 0 Å². The zero-order chi connectivity index (χ0) is 15.7. The Hall–Kier alpha value is -1.06. The topological polar surface area (TPSA) is 7.12 Å². The summed E-state index contributed by atoms with van der Waals surface area (Å²) < 4.78 is 2.56. The number of hydrogen-bond donors (Lipinski definition) is 0. The predicted molar refractivity (Wildman–Crippen MR) is 95.0 cm³/mol. The van der Waals surface area contributed by atoms with Crippen LogP contribution in [-0.2, 0) is 25.9 Å². The number of fused-ring (bicyclic) bond motifs is 1. The van der Waals surface area contributed by atoms with Gasteiger partial charge in [-0.15, -0.1) is 0 Å². The van der Waals surface area contributed by atoms with Crippen molar-refractivity contribution in [3.63, 3.8) is 0 Å². The summed E-state index contributed by atoms with van der Waals surface area (Å²) in [5.74, 6) is 0. The first-order valence-electron chi connectivity index (χ1n) is 8.23. The molecule has 1 aromatic heterocycles. The molecule has 1 aromatic carbocycles. The van der Waals surface area contributed by atoms with Crippen LogP contribution in [0.4, 0.5) is 5.13 Å². The van der Waals surface area contributed by atoms with E-state index in [1.54, 1.807) is 10.6 Å². The molecule has 4 heteroatoms. The number of anilines is 1. The molecule has 1 aliphatic rings. The van der Waals surface area contributed by atoms with E-state index >= 15 is 0 Å². The van der Waals surface area contributed by atoms with E-state index in [4.69, 9.17) is 11.6 Å². The van der Waals surface area contributed by atoms with Gasteiger partial charge in [0.05, 0.1) is 4.88 Å². The molecule has 2 nitrogen and oxygen atoms in total. The second-order valence-corrected chi connectivity index (χ2v) is 7.39. The van der Waals surface area contributed by atoms with Crippen LogP contribution in [0.3, 0.4) is 0 Å². The molecule has 0 N–H and O–H groups in total. The van der Waals surface area contributed by atoms with Crippen LogP contribution in [0.2, 0.25) is 5.02 Å². The van der Waals surface area contributed by atoms with Gasteiger partial charge in [0.25, 0.3) is 0 Å². The Kier molecular flexibility index (Phi) is 4.74. The number of hydrogen-bond acceptors (Lipinski definition) is 2. The molecule has 0 bridgehead atoms. The number of benzene rings is 1. The molecule has 1 aliphatic heterocycles. The average Bonchev–Trinajstić information content (AvgIpc) is 3.05. The third-order valence-electron chi connectivity index (χ3n) is 4.57. The van der Waals surface area contributed by atoms with E-state index in [0.29, 0.717) is 6.04 Å². The van der Waals surface area contributed by atoms with Crippen molar-refractivity contribution in [2.45, 2.75) is 59.2 Å². The first-order chi connectivity index (χ1) is 10.7. The Bertz CT molecular complexity index is 648. The number of halogens is 1. The highest BCUT2D eigenvalue weighted by atomic mass is 35.5. The molecular weight excluding hydrogens is 312 g/mol. The van der Waals surface area contributed by atoms with Crippen LogP contribution in [0, 0.1) is 0 Å². The molecule has 22 heavy (non-hydrogen) atoms. The summed E-state index contributed by atoms with van der Waals surface area (Å²) in [6.07, 6.45) is 3.46. The van der Waals surface area contributed by atoms with Crippen molar-refractivity contribution in [2.24, 2.45) is 0 Å². The highest BCUT2D eigenvalue weighted by Gasteiger charge is 2.40. The van der Waals surface area contributed by atoms with E-state index in [9.17, 15) is 0 Å². The SMILES string of the molecule is CCc1sc2[n+](c1CC)CC(CC)N2Cc1ccc(Cl)cc1. The predicted octanol–water partition coefficient (Wildman–Crippen LogP) is 4.61. The van der Waals surface area contributed by atoms with Gasteiger partial charge in [-0.3, -0.25) is 0 Å². The highest BCUT2D eigenvalue weighted by Crippen LogP contribution is 2.33. The Morgan fingerprint density at radius 1 is 1.18 bits per heavy atom. The molecule has 0 aliphatic carbocycles. The van der Waals surface area contributed by atoms with Crippen molar-refractivity contribution in [3.8, 4) is 0 Å². The van der Waals surface area contributed by atoms with Crippen LogP contribution < -0.4 is 9.47 Å². The van der Waals surface area contributed by atoms with Crippen LogP contribution in [0.25, 0.3) is 0 Å². The van der Waals surface area contributed by atoms with Crippen molar-refractivity contribution in [1.29, 1.82) is 0 Å². The third-order valence-corrected chi connectivity index (χ3v) is 6.23. The maximum absolute atomic E-state index is 6.01. The monoisotopic (exact) mass is 335 g/mol. The van der Waals surface area contributed by atoms with Crippen molar-refractivity contribution in [1.82, 2.24) is 0 Å². The molecule has 1 unspecified atom stereocenters. The van der Waals surface area contributed by atoms with Crippen molar-refractivity contribution in [2.75, 3.05) is 4.90 Å². The third kappa shape index (κ3) is 2.77. The lowest BCUT2D eigenvalue weighted by Gasteiger charge is -2.16. The normalized spacial score (nSPS) is 17.1. The number of nitrogens with zero attached hydrogens (tertiary/aromatic N) is 2. The Morgan fingerprint density at radius 2 is 1.91 bits per heavy atom. The van der Waals surface area contributed by atoms with Gasteiger partial charge in [-0.2, -0.15) is 0 Å². The molecule has 0 saturated carbocycles. The number of rotatable bonds is 5. The van der Waals surface area contributed by atoms with E-state index in [1.165, 1.54) is 17.1 Å². The first kappa shape index (κ1) is 15.8. The molecule has 0 radical (unpaired) electrons. The molecule has 2 heterocycles. The van der Waals surface area contributed by atoms with Crippen LogP contribution >= 0.6 is 22.9 Å². The zero-order valence-corrected chi connectivity index (χ0v) is 15.2. The fourth-order valence-electron chi connectivity index (χ4n) is 3.35. The summed E-state index contributed by atoms with van der Waals surface area (Å²) in [5, 5.41) is 2.25. The lowest BCUT2D eigenvalue weighted by atomic mass is 10.1. The standard InChI is InChI=1S/C18H24ClN2S/c1-4-15-12-21-16(5-2)17(6-3)22-18(21)20(15)11-13-7-9-14(19)10-8-13/h7-10,15H,4-6,11-12H2,1-3H3/q+1. The van der Waals surface area contributed by atoms with Gasteiger partial charge in [0.2, 0.25) is 0 Å². The lowest BCUT2D eigenvalue weighted by molar-refractivity contribution is -0.677. The Labute approximate surface area is 142 Å². The molecule has 1 atom stereocenters. The maximum atomic E-state index is 6.01. The minimum Gasteiger partial charge on any atom is -0.241 e. The summed E-state index contributed by atoms with van der Waals surface area (Å²) >= 11 is 8.00. The van der Waals surface area contributed by atoms with E-state index < -0.39 is 0 Å². The second kappa shape index (κ2) is 6.59. The minimum atomic E-state index is 0.609. The van der Waals surface area contributed by atoms with Crippen LogP contribution in [-0.4, -0.2) is 6.04 Å². The molecular formula is C18H24ClN2S+. The molecule has 3 rings (SSSR count). The van der Waals surface area contributed by atoms with E-state index in [-0.39, 0.29) is 0 Å². The molecule has 2 aromatic rings. The lowest BCUT2D eigenvalue weighted by Crippen LogP contribution is -2.36. The fourth-order valence-corrected chi connectivity index (χ4v) is 4.84. The summed E-state index contributed by atoms with van der Waals surface area (Å²) in [7, 11) is 0. The zero-order valence-electron chi connectivity index (χ0n) is 13.6.